The average molecular weight is 383 g/mol. The molecule has 6 nitrogen and oxygen atoms in total. The van der Waals surface area contributed by atoms with Crippen molar-refractivity contribution >= 4 is 18.4 Å². The van der Waals surface area contributed by atoms with Crippen molar-refractivity contribution in [2.45, 2.75) is 18.9 Å². The van der Waals surface area contributed by atoms with Gasteiger partial charge in [-0.1, -0.05) is 30.3 Å². The van der Waals surface area contributed by atoms with Gasteiger partial charge in [0.25, 0.3) is 0 Å². The summed E-state index contributed by atoms with van der Waals surface area (Å²) >= 11 is 0. The molecule has 0 aromatic heterocycles. The van der Waals surface area contributed by atoms with Crippen LogP contribution in [0.15, 0.2) is 30.3 Å². The minimum Gasteiger partial charge on any atom is -0.379 e. The van der Waals surface area contributed by atoms with E-state index in [1.54, 1.807) is 0 Å². The number of hydrogen-bond acceptors (Lipinski definition) is 4. The zero-order valence-electron chi connectivity index (χ0n) is 15.4. The van der Waals surface area contributed by atoms with Crippen LogP contribution in [0, 0.1) is 0 Å². The number of carbonyl (C=O) groups excluding carboxylic acids is 1. The Morgan fingerprint density at radius 2 is 2.04 bits per heavy atom. The SMILES string of the molecule is Cl.O=C(NCCc1ccccc1)N(CCN1CCOCC1)C1CCNC1. The van der Waals surface area contributed by atoms with Gasteiger partial charge in [-0.2, -0.15) is 0 Å². The van der Waals surface area contributed by atoms with Crippen LogP contribution in [0.25, 0.3) is 0 Å². The van der Waals surface area contributed by atoms with E-state index in [-0.39, 0.29) is 18.4 Å². The lowest BCUT2D eigenvalue weighted by atomic mass is 10.1. The fourth-order valence-electron chi connectivity index (χ4n) is 3.49. The fraction of sp³-hybridized carbons (Fsp3) is 0.632. The van der Waals surface area contributed by atoms with E-state index in [9.17, 15) is 4.79 Å². The molecule has 0 aliphatic carbocycles. The van der Waals surface area contributed by atoms with Crippen LogP contribution >= 0.6 is 12.4 Å². The third-order valence-corrected chi connectivity index (χ3v) is 5.03. The Balaban J connectivity index is 0.00000243. The number of rotatable bonds is 7. The van der Waals surface area contributed by atoms with Crippen molar-refractivity contribution < 1.29 is 9.53 Å². The maximum atomic E-state index is 12.7. The summed E-state index contributed by atoms with van der Waals surface area (Å²) in [5.41, 5.74) is 1.25. The summed E-state index contributed by atoms with van der Waals surface area (Å²) < 4.78 is 5.40. The Morgan fingerprint density at radius 3 is 2.73 bits per heavy atom. The molecule has 1 unspecified atom stereocenters. The highest BCUT2D eigenvalue weighted by Crippen LogP contribution is 2.10. The van der Waals surface area contributed by atoms with Crippen molar-refractivity contribution in [3.8, 4) is 0 Å². The van der Waals surface area contributed by atoms with Gasteiger partial charge in [-0.05, 0) is 24.9 Å². The standard InChI is InChI=1S/C19H30N4O2.ClH/c24-19(21-9-6-17-4-2-1-3-5-17)23(18-7-8-20-16-18)11-10-22-12-14-25-15-13-22;/h1-5,18,20H,6-16H2,(H,21,24);1H. The van der Waals surface area contributed by atoms with E-state index in [2.05, 4.69) is 27.7 Å². The Hall–Kier alpha value is -1.34. The van der Waals surface area contributed by atoms with Crippen LogP contribution in [0.4, 0.5) is 4.79 Å². The van der Waals surface area contributed by atoms with Gasteiger partial charge >= 0.3 is 6.03 Å². The van der Waals surface area contributed by atoms with E-state index in [0.29, 0.717) is 12.6 Å². The molecule has 2 aliphatic heterocycles. The Morgan fingerprint density at radius 1 is 1.27 bits per heavy atom. The fourth-order valence-corrected chi connectivity index (χ4v) is 3.49. The topological polar surface area (TPSA) is 56.8 Å². The lowest BCUT2D eigenvalue weighted by Crippen LogP contribution is -2.51. The maximum absolute atomic E-state index is 12.7. The van der Waals surface area contributed by atoms with Gasteiger partial charge < -0.3 is 20.3 Å². The number of nitrogens with one attached hydrogen (secondary N) is 2. The molecule has 2 fully saturated rings. The van der Waals surface area contributed by atoms with Crippen molar-refractivity contribution in [2.75, 3.05) is 59.0 Å². The van der Waals surface area contributed by atoms with Crippen molar-refractivity contribution in [1.82, 2.24) is 20.4 Å². The van der Waals surface area contributed by atoms with Gasteiger partial charge in [-0.25, -0.2) is 4.79 Å². The van der Waals surface area contributed by atoms with Crippen molar-refractivity contribution in [2.24, 2.45) is 0 Å². The van der Waals surface area contributed by atoms with Gasteiger partial charge in [0.15, 0.2) is 0 Å². The van der Waals surface area contributed by atoms with E-state index in [4.69, 9.17) is 4.74 Å². The summed E-state index contributed by atoms with van der Waals surface area (Å²) in [4.78, 5) is 17.2. The van der Waals surface area contributed by atoms with Gasteiger partial charge in [-0.3, -0.25) is 4.90 Å². The van der Waals surface area contributed by atoms with Gasteiger partial charge in [0.2, 0.25) is 0 Å². The zero-order chi connectivity index (χ0) is 17.3. The number of amides is 2. The van der Waals surface area contributed by atoms with Gasteiger partial charge in [0.05, 0.1) is 13.2 Å². The van der Waals surface area contributed by atoms with E-state index in [0.717, 1.165) is 65.3 Å². The quantitative estimate of drug-likeness (QED) is 0.747. The number of benzene rings is 1. The second kappa shape index (κ2) is 11.4. The average Bonchev–Trinajstić information content (AvgIpc) is 3.18. The molecule has 2 amide bonds. The lowest BCUT2D eigenvalue weighted by molar-refractivity contribution is 0.0336. The van der Waals surface area contributed by atoms with E-state index in [1.807, 2.05) is 23.1 Å². The third kappa shape index (κ3) is 6.43. The third-order valence-electron chi connectivity index (χ3n) is 5.03. The number of hydrogen-bond donors (Lipinski definition) is 2. The molecule has 7 heteroatoms. The molecule has 3 rings (SSSR count). The number of urea groups is 1. The Kier molecular flexibility index (Phi) is 9.18. The van der Waals surface area contributed by atoms with Gasteiger partial charge in [0, 0.05) is 45.3 Å². The van der Waals surface area contributed by atoms with E-state index in [1.165, 1.54) is 5.56 Å². The van der Waals surface area contributed by atoms with Crippen LogP contribution in [-0.2, 0) is 11.2 Å². The highest BCUT2D eigenvalue weighted by Gasteiger charge is 2.26. The highest BCUT2D eigenvalue weighted by atomic mass is 35.5. The van der Waals surface area contributed by atoms with Gasteiger partial charge in [-0.15, -0.1) is 12.4 Å². The summed E-state index contributed by atoms with van der Waals surface area (Å²) in [6.07, 6.45) is 1.90. The second-order valence-corrected chi connectivity index (χ2v) is 6.76. The van der Waals surface area contributed by atoms with Crippen LogP contribution in [0.1, 0.15) is 12.0 Å². The Bertz CT molecular complexity index is 520. The van der Waals surface area contributed by atoms with Crippen LogP contribution in [0.3, 0.4) is 0 Å². The first-order valence-corrected chi connectivity index (χ1v) is 9.42. The molecule has 0 saturated carbocycles. The Labute approximate surface area is 162 Å². The molecule has 0 spiro atoms. The first-order chi connectivity index (χ1) is 12.3. The first-order valence-electron chi connectivity index (χ1n) is 9.42. The lowest BCUT2D eigenvalue weighted by Gasteiger charge is -2.33. The molecule has 2 N–H and O–H groups in total. The number of morpholine rings is 1. The molecule has 0 radical (unpaired) electrons. The summed E-state index contributed by atoms with van der Waals surface area (Å²) in [6.45, 7) is 7.80. The molecule has 2 heterocycles. The number of halogens is 1. The van der Waals surface area contributed by atoms with Crippen LogP contribution in [-0.4, -0.2) is 80.9 Å². The number of nitrogens with zero attached hydrogens (tertiary/aromatic N) is 2. The predicted molar refractivity (Wildman–Crippen MR) is 106 cm³/mol. The number of carbonyl (C=O) groups is 1. The maximum Gasteiger partial charge on any atom is 0.317 e. The van der Waals surface area contributed by atoms with Crippen LogP contribution < -0.4 is 10.6 Å². The molecule has 2 aliphatic rings. The first kappa shape index (κ1) is 21.0. The van der Waals surface area contributed by atoms with Crippen molar-refractivity contribution in [3.63, 3.8) is 0 Å². The summed E-state index contributed by atoms with van der Waals surface area (Å²) in [5, 5.41) is 6.48. The molecule has 146 valence electrons. The number of ether oxygens (including phenoxy) is 1. The normalized spacial score (nSPS) is 20.4. The van der Waals surface area contributed by atoms with Gasteiger partial charge in [0.1, 0.15) is 0 Å². The van der Waals surface area contributed by atoms with E-state index >= 15 is 0 Å². The highest BCUT2D eigenvalue weighted by molar-refractivity contribution is 5.85. The molecular weight excluding hydrogens is 352 g/mol. The minimum absolute atomic E-state index is 0. The summed E-state index contributed by atoms with van der Waals surface area (Å²) in [5.74, 6) is 0. The minimum atomic E-state index is 0. The van der Waals surface area contributed by atoms with E-state index < -0.39 is 0 Å². The molecule has 1 aromatic rings. The monoisotopic (exact) mass is 382 g/mol. The zero-order valence-corrected chi connectivity index (χ0v) is 16.2. The molecule has 2 saturated heterocycles. The smallest absolute Gasteiger partial charge is 0.317 e. The molecular formula is C19H31ClN4O2. The van der Waals surface area contributed by atoms with Crippen molar-refractivity contribution in [1.29, 1.82) is 0 Å². The molecule has 0 bridgehead atoms. The van der Waals surface area contributed by atoms with Crippen molar-refractivity contribution in [3.05, 3.63) is 35.9 Å². The van der Waals surface area contributed by atoms with Crippen LogP contribution in [0.5, 0.6) is 0 Å². The summed E-state index contributed by atoms with van der Waals surface area (Å²) in [6, 6.07) is 10.7. The molecule has 1 aromatic carbocycles. The summed E-state index contributed by atoms with van der Waals surface area (Å²) in [7, 11) is 0. The predicted octanol–water partition coefficient (Wildman–Crippen LogP) is 1.36. The molecule has 26 heavy (non-hydrogen) atoms. The second-order valence-electron chi connectivity index (χ2n) is 6.76. The largest absolute Gasteiger partial charge is 0.379 e. The van der Waals surface area contributed by atoms with Crippen LogP contribution in [0.2, 0.25) is 0 Å². The molecule has 1 atom stereocenters.